The van der Waals surface area contributed by atoms with E-state index < -0.39 is 0 Å². The van der Waals surface area contributed by atoms with Crippen LogP contribution in [0.5, 0.6) is 0 Å². The van der Waals surface area contributed by atoms with E-state index >= 15 is 0 Å². The lowest BCUT2D eigenvalue weighted by Gasteiger charge is -2.09. The predicted octanol–water partition coefficient (Wildman–Crippen LogP) is 1.90. The van der Waals surface area contributed by atoms with Crippen LogP contribution in [0.3, 0.4) is 0 Å². The smallest absolute Gasteiger partial charge is 0.327 e. The molecule has 0 atom stereocenters. The van der Waals surface area contributed by atoms with Gasteiger partial charge in [0.05, 0.1) is 32.1 Å². The third-order valence-electron chi connectivity index (χ3n) is 3.42. The minimum absolute atomic E-state index is 0. The van der Waals surface area contributed by atoms with Gasteiger partial charge >= 0.3 is 5.97 Å². The van der Waals surface area contributed by atoms with Gasteiger partial charge in [0.15, 0.2) is 5.96 Å². The fraction of sp³-hybridized carbons (Fsp3) is 0.562. The van der Waals surface area contributed by atoms with Gasteiger partial charge in [-0.1, -0.05) is 19.1 Å². The van der Waals surface area contributed by atoms with Gasteiger partial charge in [-0.05, 0) is 12.8 Å². The van der Waals surface area contributed by atoms with Crippen molar-refractivity contribution in [2.45, 2.75) is 46.3 Å². The van der Waals surface area contributed by atoms with E-state index in [0.29, 0.717) is 30.7 Å². The number of ether oxygens (including phenoxy) is 1. The number of nitrogens with zero attached hydrogens (tertiary/aromatic N) is 5. The summed E-state index contributed by atoms with van der Waals surface area (Å²) in [4.78, 5) is 20.3. The van der Waals surface area contributed by atoms with Crippen molar-refractivity contribution < 1.29 is 9.53 Å². The summed E-state index contributed by atoms with van der Waals surface area (Å²) in [7, 11) is 1.34. The topological polar surface area (TPSA) is 106 Å². The SMILES string of the molecule is CCNC(=NCc1cn(CC(=O)OC)nn1)NCc1nc(C(C)C)cs1.I. The zero-order valence-electron chi connectivity index (χ0n) is 15.9. The van der Waals surface area contributed by atoms with Crippen LogP contribution in [-0.2, 0) is 29.2 Å². The lowest BCUT2D eigenvalue weighted by Crippen LogP contribution is -2.36. The number of thiazole rings is 1. The molecular weight excluding hydrogens is 481 g/mol. The van der Waals surface area contributed by atoms with Crippen LogP contribution in [0.25, 0.3) is 0 Å². The summed E-state index contributed by atoms with van der Waals surface area (Å²) in [5, 5.41) is 17.5. The second kappa shape index (κ2) is 11.8. The van der Waals surface area contributed by atoms with Gasteiger partial charge in [0.2, 0.25) is 0 Å². The van der Waals surface area contributed by atoms with E-state index in [1.165, 1.54) is 11.8 Å². The third kappa shape index (κ3) is 7.79. The summed E-state index contributed by atoms with van der Waals surface area (Å²) in [5.41, 5.74) is 1.78. The second-order valence-corrected chi connectivity index (χ2v) is 6.80. The third-order valence-corrected chi connectivity index (χ3v) is 4.28. The van der Waals surface area contributed by atoms with Crippen molar-refractivity contribution in [3.05, 3.63) is 28.0 Å². The van der Waals surface area contributed by atoms with Crippen LogP contribution in [0.15, 0.2) is 16.6 Å². The molecule has 0 unspecified atom stereocenters. The zero-order chi connectivity index (χ0) is 18.9. The number of rotatable bonds is 8. The first-order valence-electron chi connectivity index (χ1n) is 8.44. The molecule has 150 valence electrons. The Morgan fingerprint density at radius 3 is 2.81 bits per heavy atom. The van der Waals surface area contributed by atoms with Crippen LogP contribution in [0.2, 0.25) is 0 Å². The van der Waals surface area contributed by atoms with Gasteiger partial charge in [0.1, 0.15) is 17.2 Å². The Morgan fingerprint density at radius 1 is 1.41 bits per heavy atom. The van der Waals surface area contributed by atoms with Crippen LogP contribution in [-0.4, -0.2) is 45.6 Å². The molecule has 0 aromatic carbocycles. The number of aliphatic imine (C=N–C) groups is 1. The average Bonchev–Trinajstić information content (AvgIpc) is 3.26. The van der Waals surface area contributed by atoms with Crippen LogP contribution in [0.1, 0.15) is 43.1 Å². The van der Waals surface area contributed by atoms with Gasteiger partial charge in [-0.3, -0.25) is 4.79 Å². The van der Waals surface area contributed by atoms with Crippen LogP contribution < -0.4 is 10.6 Å². The molecule has 0 amide bonds. The van der Waals surface area contributed by atoms with E-state index in [-0.39, 0.29) is 36.5 Å². The molecular formula is C16H26IN7O2S. The van der Waals surface area contributed by atoms with Crippen molar-refractivity contribution in [3.63, 3.8) is 0 Å². The first-order valence-corrected chi connectivity index (χ1v) is 9.32. The Labute approximate surface area is 180 Å². The van der Waals surface area contributed by atoms with E-state index in [2.05, 4.69) is 54.9 Å². The van der Waals surface area contributed by atoms with Gasteiger partial charge in [0.25, 0.3) is 0 Å². The molecule has 0 radical (unpaired) electrons. The van der Waals surface area contributed by atoms with Gasteiger partial charge in [-0.15, -0.1) is 40.4 Å². The number of hydrogen-bond donors (Lipinski definition) is 2. The van der Waals surface area contributed by atoms with Crippen molar-refractivity contribution >= 4 is 47.2 Å². The molecule has 0 bridgehead atoms. The number of carbonyl (C=O) groups is 1. The summed E-state index contributed by atoms with van der Waals surface area (Å²) in [6, 6.07) is 0. The van der Waals surface area contributed by atoms with Crippen molar-refractivity contribution in [2.24, 2.45) is 4.99 Å². The number of esters is 1. The van der Waals surface area contributed by atoms with E-state index in [9.17, 15) is 4.79 Å². The molecule has 27 heavy (non-hydrogen) atoms. The molecule has 0 aliphatic rings. The zero-order valence-corrected chi connectivity index (χ0v) is 19.1. The predicted molar refractivity (Wildman–Crippen MR) is 115 cm³/mol. The second-order valence-electron chi connectivity index (χ2n) is 5.85. The number of aromatic nitrogens is 4. The molecule has 0 saturated heterocycles. The number of carbonyl (C=O) groups excluding carboxylic acids is 1. The summed E-state index contributed by atoms with van der Waals surface area (Å²) >= 11 is 1.64. The lowest BCUT2D eigenvalue weighted by atomic mass is 10.2. The standard InChI is InChI=1S/C16H25N7O2S.HI/c1-5-17-16(19-7-14-20-13(10-26-14)11(2)3)18-6-12-8-23(22-21-12)9-15(24)25-4;/h8,10-11H,5-7,9H2,1-4H3,(H2,17,18,19);1H. The fourth-order valence-corrected chi connectivity index (χ4v) is 2.91. The fourth-order valence-electron chi connectivity index (χ4n) is 2.02. The van der Waals surface area contributed by atoms with Gasteiger partial charge in [-0.2, -0.15) is 0 Å². The van der Waals surface area contributed by atoms with E-state index in [0.717, 1.165) is 17.2 Å². The monoisotopic (exact) mass is 507 g/mol. The molecule has 2 N–H and O–H groups in total. The number of hydrogen-bond acceptors (Lipinski definition) is 7. The Kier molecular flexibility index (Phi) is 10.2. The summed E-state index contributed by atoms with van der Waals surface area (Å²) < 4.78 is 6.03. The summed E-state index contributed by atoms with van der Waals surface area (Å²) in [5.74, 6) is 0.731. The molecule has 2 rings (SSSR count). The Hall–Kier alpha value is -1.76. The highest BCUT2D eigenvalue weighted by molar-refractivity contribution is 14.0. The van der Waals surface area contributed by atoms with Gasteiger partial charge < -0.3 is 15.4 Å². The number of halogens is 1. The normalized spacial score (nSPS) is 11.2. The largest absolute Gasteiger partial charge is 0.468 e. The van der Waals surface area contributed by atoms with E-state index in [1.807, 2.05) is 6.92 Å². The minimum atomic E-state index is -0.371. The highest BCUT2D eigenvalue weighted by Crippen LogP contribution is 2.17. The molecule has 0 fully saturated rings. The number of nitrogens with one attached hydrogen (secondary N) is 2. The van der Waals surface area contributed by atoms with Crippen molar-refractivity contribution in [3.8, 4) is 0 Å². The van der Waals surface area contributed by atoms with Crippen molar-refractivity contribution in [1.29, 1.82) is 0 Å². The Bertz CT molecular complexity index is 745. The van der Waals surface area contributed by atoms with Crippen LogP contribution in [0.4, 0.5) is 0 Å². The minimum Gasteiger partial charge on any atom is -0.468 e. The van der Waals surface area contributed by atoms with Crippen LogP contribution in [0, 0.1) is 0 Å². The lowest BCUT2D eigenvalue weighted by molar-refractivity contribution is -0.141. The molecule has 2 aromatic heterocycles. The molecule has 0 aliphatic heterocycles. The van der Waals surface area contributed by atoms with Crippen molar-refractivity contribution in [1.82, 2.24) is 30.6 Å². The summed E-state index contributed by atoms with van der Waals surface area (Å²) in [6.45, 7) is 8.01. The van der Waals surface area contributed by atoms with Gasteiger partial charge in [0, 0.05) is 11.9 Å². The quantitative estimate of drug-likeness (QED) is 0.243. The van der Waals surface area contributed by atoms with Crippen LogP contribution >= 0.6 is 35.3 Å². The summed E-state index contributed by atoms with van der Waals surface area (Å²) in [6.07, 6.45) is 1.68. The molecule has 0 aliphatic carbocycles. The highest BCUT2D eigenvalue weighted by Gasteiger charge is 2.08. The number of methoxy groups -OCH3 is 1. The van der Waals surface area contributed by atoms with E-state index in [1.54, 1.807) is 17.5 Å². The molecule has 11 heteroatoms. The first-order chi connectivity index (χ1) is 12.5. The van der Waals surface area contributed by atoms with Gasteiger partial charge in [-0.25, -0.2) is 14.7 Å². The number of guanidine groups is 1. The Balaban J connectivity index is 0.00000364. The molecule has 9 nitrogen and oxygen atoms in total. The maximum absolute atomic E-state index is 11.2. The first kappa shape index (κ1) is 23.3. The highest BCUT2D eigenvalue weighted by atomic mass is 127. The Morgan fingerprint density at radius 2 is 2.19 bits per heavy atom. The van der Waals surface area contributed by atoms with Crippen molar-refractivity contribution in [2.75, 3.05) is 13.7 Å². The average molecular weight is 507 g/mol. The maximum atomic E-state index is 11.2. The molecule has 2 aromatic rings. The van der Waals surface area contributed by atoms with E-state index in [4.69, 9.17) is 0 Å². The molecule has 0 saturated carbocycles. The maximum Gasteiger partial charge on any atom is 0.327 e. The molecule has 2 heterocycles. The molecule has 0 spiro atoms.